The third kappa shape index (κ3) is 2.91. The topological polar surface area (TPSA) is 38.8 Å². The van der Waals surface area contributed by atoms with Gasteiger partial charge < -0.3 is 14.4 Å². The van der Waals surface area contributed by atoms with Gasteiger partial charge in [0.15, 0.2) is 11.5 Å². The van der Waals surface area contributed by atoms with E-state index in [1.165, 1.54) is 0 Å². The van der Waals surface area contributed by atoms with Crippen molar-refractivity contribution in [2.24, 2.45) is 0 Å². The molecule has 24 heavy (non-hydrogen) atoms. The minimum Gasteiger partial charge on any atom is -0.493 e. The maximum absolute atomic E-state index is 12.6. The molecule has 0 fully saturated rings. The minimum absolute atomic E-state index is 0.0176. The summed E-state index contributed by atoms with van der Waals surface area (Å²) in [5.74, 6) is 1.33. The summed E-state index contributed by atoms with van der Waals surface area (Å²) >= 11 is 3.47. The first-order valence-corrected chi connectivity index (χ1v) is 8.45. The van der Waals surface area contributed by atoms with Crippen LogP contribution in [0.2, 0.25) is 0 Å². The van der Waals surface area contributed by atoms with Gasteiger partial charge in [0.05, 0.1) is 19.4 Å². The molecule has 3 rings (SSSR count). The number of hydrogen-bond acceptors (Lipinski definition) is 3. The number of rotatable bonds is 4. The summed E-state index contributed by atoms with van der Waals surface area (Å²) in [7, 11) is 3.39. The summed E-state index contributed by atoms with van der Waals surface area (Å²) in [5.41, 5.74) is 3.39. The Labute approximate surface area is 149 Å². The molecule has 0 unspecified atom stereocenters. The number of benzene rings is 2. The van der Waals surface area contributed by atoms with Crippen molar-refractivity contribution in [3.8, 4) is 11.5 Å². The summed E-state index contributed by atoms with van der Waals surface area (Å²) in [6.07, 6.45) is 1.88. The lowest BCUT2D eigenvalue weighted by atomic mass is 10.0. The lowest BCUT2D eigenvalue weighted by molar-refractivity contribution is -0.112. The maximum atomic E-state index is 12.6. The van der Waals surface area contributed by atoms with Crippen LogP contribution in [0, 0.1) is 0 Å². The number of carbonyl (C=O) groups is 1. The molecule has 2 aromatic rings. The third-order valence-corrected chi connectivity index (χ3v) is 4.44. The van der Waals surface area contributed by atoms with E-state index in [-0.39, 0.29) is 5.91 Å². The molecule has 0 saturated carbocycles. The quantitative estimate of drug-likeness (QED) is 0.730. The van der Waals surface area contributed by atoms with Crippen LogP contribution >= 0.6 is 15.9 Å². The number of hydrogen-bond donors (Lipinski definition) is 0. The molecule has 0 aromatic heterocycles. The highest BCUT2D eigenvalue weighted by Gasteiger charge is 2.29. The molecule has 5 heteroatoms. The molecule has 2 aromatic carbocycles. The third-order valence-electron chi connectivity index (χ3n) is 3.94. The number of carbonyl (C=O) groups excluding carboxylic acids is 1. The fourth-order valence-corrected chi connectivity index (χ4v) is 3.14. The number of amides is 1. The first-order valence-electron chi connectivity index (χ1n) is 7.65. The predicted molar refractivity (Wildman–Crippen MR) is 99.6 cm³/mol. The van der Waals surface area contributed by atoms with Gasteiger partial charge in [0.25, 0.3) is 5.91 Å². The maximum Gasteiger partial charge on any atom is 0.258 e. The van der Waals surface area contributed by atoms with E-state index >= 15 is 0 Å². The fraction of sp³-hybridized carbons (Fsp3) is 0.211. The highest BCUT2D eigenvalue weighted by molar-refractivity contribution is 9.10. The lowest BCUT2D eigenvalue weighted by Crippen LogP contribution is -2.20. The number of ether oxygens (including phenoxy) is 2. The average Bonchev–Trinajstić information content (AvgIpc) is 2.81. The Hall–Kier alpha value is -2.27. The van der Waals surface area contributed by atoms with Gasteiger partial charge in [-0.05, 0) is 48.9 Å². The van der Waals surface area contributed by atoms with E-state index in [0.717, 1.165) is 21.3 Å². The second-order valence-corrected chi connectivity index (χ2v) is 6.34. The molecule has 1 amide bonds. The SMILES string of the molecule is CCOc1ccc(C=C2C(=O)N(C)c3ccc(Br)cc32)cc1OC. The van der Waals surface area contributed by atoms with Crippen LogP contribution in [0.1, 0.15) is 18.1 Å². The van der Waals surface area contributed by atoms with E-state index in [1.54, 1.807) is 19.1 Å². The molecule has 0 atom stereocenters. The summed E-state index contributed by atoms with van der Waals surface area (Å²) < 4.78 is 11.9. The van der Waals surface area contributed by atoms with Crippen molar-refractivity contribution in [2.45, 2.75) is 6.92 Å². The summed E-state index contributed by atoms with van der Waals surface area (Å²) in [5, 5.41) is 0. The van der Waals surface area contributed by atoms with Gasteiger partial charge in [0.1, 0.15) is 0 Å². The predicted octanol–water partition coefficient (Wildman–Crippen LogP) is 4.37. The average molecular weight is 388 g/mol. The van der Waals surface area contributed by atoms with E-state index in [9.17, 15) is 4.79 Å². The molecule has 1 aliphatic heterocycles. The second-order valence-electron chi connectivity index (χ2n) is 5.43. The van der Waals surface area contributed by atoms with Crippen LogP contribution in [0.5, 0.6) is 11.5 Å². The molecular formula is C19H18BrNO3. The number of methoxy groups -OCH3 is 1. The second kappa shape index (κ2) is 6.69. The molecular weight excluding hydrogens is 370 g/mol. The normalized spacial score (nSPS) is 14.9. The van der Waals surface area contributed by atoms with E-state index in [4.69, 9.17) is 9.47 Å². The number of likely N-dealkylation sites (N-methyl/N-ethyl adjacent to an activating group) is 1. The smallest absolute Gasteiger partial charge is 0.258 e. The number of halogens is 1. The van der Waals surface area contributed by atoms with Crippen LogP contribution in [0.4, 0.5) is 5.69 Å². The standard InChI is InChI=1S/C19H18BrNO3/c1-4-24-17-8-5-12(10-18(17)23-3)9-15-14-11-13(20)6-7-16(14)21(2)19(15)22/h5-11H,4H2,1-3H3. The van der Waals surface area contributed by atoms with E-state index in [0.29, 0.717) is 23.7 Å². The monoisotopic (exact) mass is 387 g/mol. The summed E-state index contributed by atoms with van der Waals surface area (Å²) in [6, 6.07) is 11.5. The van der Waals surface area contributed by atoms with E-state index in [1.807, 2.05) is 49.4 Å². The van der Waals surface area contributed by atoms with Crippen LogP contribution in [0.3, 0.4) is 0 Å². The van der Waals surface area contributed by atoms with Crippen LogP contribution in [-0.4, -0.2) is 26.7 Å². The van der Waals surface area contributed by atoms with E-state index < -0.39 is 0 Å². The van der Waals surface area contributed by atoms with Gasteiger partial charge in [-0.25, -0.2) is 0 Å². The lowest BCUT2D eigenvalue weighted by Gasteiger charge is -2.10. The van der Waals surface area contributed by atoms with Crippen LogP contribution < -0.4 is 14.4 Å². The van der Waals surface area contributed by atoms with Crippen molar-refractivity contribution in [2.75, 3.05) is 25.7 Å². The molecule has 0 bridgehead atoms. The first kappa shape index (κ1) is 16.6. The molecule has 124 valence electrons. The zero-order valence-electron chi connectivity index (χ0n) is 13.8. The van der Waals surface area contributed by atoms with Crippen molar-refractivity contribution < 1.29 is 14.3 Å². The van der Waals surface area contributed by atoms with Gasteiger partial charge in [-0.1, -0.05) is 22.0 Å². The van der Waals surface area contributed by atoms with Crippen LogP contribution in [0.25, 0.3) is 11.6 Å². The largest absolute Gasteiger partial charge is 0.493 e. The number of fused-ring (bicyclic) bond motifs is 1. The van der Waals surface area contributed by atoms with Crippen molar-refractivity contribution in [1.82, 2.24) is 0 Å². The Kier molecular flexibility index (Phi) is 4.62. The van der Waals surface area contributed by atoms with Gasteiger partial charge >= 0.3 is 0 Å². The Morgan fingerprint density at radius 2 is 1.96 bits per heavy atom. The highest BCUT2D eigenvalue weighted by atomic mass is 79.9. The molecule has 4 nitrogen and oxygen atoms in total. The molecule has 0 saturated heterocycles. The van der Waals surface area contributed by atoms with Gasteiger partial charge in [0.2, 0.25) is 0 Å². The van der Waals surface area contributed by atoms with Crippen molar-refractivity contribution in [3.05, 3.63) is 52.0 Å². The van der Waals surface area contributed by atoms with Gasteiger partial charge in [-0.15, -0.1) is 0 Å². The van der Waals surface area contributed by atoms with Crippen LogP contribution in [-0.2, 0) is 4.79 Å². The molecule has 1 aliphatic rings. The Balaban J connectivity index is 2.06. The number of nitrogens with zero attached hydrogens (tertiary/aromatic N) is 1. The summed E-state index contributed by atoms with van der Waals surface area (Å²) in [4.78, 5) is 14.3. The Morgan fingerprint density at radius 1 is 1.17 bits per heavy atom. The molecule has 0 aliphatic carbocycles. The minimum atomic E-state index is -0.0176. The van der Waals surface area contributed by atoms with Gasteiger partial charge in [0, 0.05) is 22.7 Å². The fourth-order valence-electron chi connectivity index (χ4n) is 2.78. The van der Waals surface area contributed by atoms with Crippen molar-refractivity contribution >= 4 is 39.2 Å². The Bertz CT molecular complexity index is 829. The van der Waals surface area contributed by atoms with Crippen molar-refractivity contribution in [1.29, 1.82) is 0 Å². The highest BCUT2D eigenvalue weighted by Crippen LogP contribution is 2.39. The zero-order valence-corrected chi connectivity index (χ0v) is 15.4. The first-order chi connectivity index (χ1) is 11.5. The van der Waals surface area contributed by atoms with Gasteiger partial charge in [-0.3, -0.25) is 4.79 Å². The number of anilines is 1. The molecule has 1 heterocycles. The van der Waals surface area contributed by atoms with E-state index in [2.05, 4.69) is 15.9 Å². The summed E-state index contributed by atoms with van der Waals surface area (Å²) in [6.45, 7) is 2.50. The molecule has 0 radical (unpaired) electrons. The molecule has 0 N–H and O–H groups in total. The Morgan fingerprint density at radius 3 is 2.67 bits per heavy atom. The molecule has 0 spiro atoms. The zero-order chi connectivity index (χ0) is 17.3. The van der Waals surface area contributed by atoms with Crippen LogP contribution in [0.15, 0.2) is 40.9 Å². The van der Waals surface area contributed by atoms with Crippen molar-refractivity contribution in [3.63, 3.8) is 0 Å². The van der Waals surface area contributed by atoms with Gasteiger partial charge in [-0.2, -0.15) is 0 Å².